The van der Waals surface area contributed by atoms with Gasteiger partial charge in [0.05, 0.1) is 22.6 Å². The maximum atomic E-state index is 6.13. The molecule has 4 aromatic heterocycles. The summed E-state index contributed by atoms with van der Waals surface area (Å²) in [6.45, 7) is 8.06. The Morgan fingerprint density at radius 1 is 1.16 bits per heavy atom. The number of fused-ring (bicyclic) bond motifs is 1. The maximum Gasteiger partial charge on any atom is 0.162 e. The van der Waals surface area contributed by atoms with Gasteiger partial charge in [0.2, 0.25) is 0 Å². The third-order valence-electron chi connectivity index (χ3n) is 4.44. The molecule has 4 heterocycles. The highest BCUT2D eigenvalue weighted by atomic mass is 16.5. The summed E-state index contributed by atoms with van der Waals surface area (Å²) in [5.74, 6) is 2.00. The predicted octanol–water partition coefficient (Wildman–Crippen LogP) is 4.62. The Bertz CT molecular complexity index is 1050. The van der Waals surface area contributed by atoms with Crippen molar-refractivity contribution in [1.82, 2.24) is 19.9 Å². The molecule has 0 N–H and O–H groups in total. The van der Waals surface area contributed by atoms with E-state index < -0.39 is 0 Å². The van der Waals surface area contributed by atoms with E-state index in [0.29, 0.717) is 5.92 Å². The van der Waals surface area contributed by atoms with E-state index in [-0.39, 0.29) is 0 Å². The Hall–Kier alpha value is -2.89. The minimum absolute atomic E-state index is 0.300. The average Bonchev–Trinajstić information content (AvgIpc) is 3.25. The third kappa shape index (κ3) is 2.45. The lowest BCUT2D eigenvalue weighted by molar-refractivity contribution is 0.393. The van der Waals surface area contributed by atoms with Crippen LogP contribution in [-0.2, 0) is 7.05 Å². The van der Waals surface area contributed by atoms with Crippen molar-refractivity contribution in [2.75, 3.05) is 0 Å². The van der Waals surface area contributed by atoms with Gasteiger partial charge in [-0.05, 0) is 32.0 Å². The monoisotopic (exact) mass is 336 g/mol. The molecule has 0 fully saturated rings. The van der Waals surface area contributed by atoms with Gasteiger partial charge in [-0.25, -0.2) is 4.98 Å². The van der Waals surface area contributed by atoms with Gasteiger partial charge in [0.1, 0.15) is 17.2 Å². The Kier molecular flexibility index (Phi) is 3.49. The smallest absolute Gasteiger partial charge is 0.162 e. The number of pyridine rings is 1. The molecular formula is C19H20N4O2. The molecular weight excluding hydrogens is 316 g/mol. The second-order valence-electron chi connectivity index (χ2n) is 6.62. The van der Waals surface area contributed by atoms with Crippen molar-refractivity contribution in [1.29, 1.82) is 0 Å². The summed E-state index contributed by atoms with van der Waals surface area (Å²) in [7, 11) is 1.90. The van der Waals surface area contributed by atoms with Crippen LogP contribution in [0.1, 0.15) is 37.0 Å². The summed E-state index contributed by atoms with van der Waals surface area (Å²) in [5.41, 5.74) is 5.05. The Balaban J connectivity index is 2.05. The van der Waals surface area contributed by atoms with Gasteiger partial charge >= 0.3 is 0 Å². The molecule has 0 unspecified atom stereocenters. The van der Waals surface area contributed by atoms with Gasteiger partial charge in [-0.15, -0.1) is 0 Å². The van der Waals surface area contributed by atoms with E-state index in [2.05, 4.69) is 30.2 Å². The SMILES string of the molecule is Cc1noc(C)c1-c1cc2cc(C(C)C)oc2c(-c2ccnn2C)n1. The first-order valence-corrected chi connectivity index (χ1v) is 8.31. The predicted molar refractivity (Wildman–Crippen MR) is 95.3 cm³/mol. The number of aromatic nitrogens is 4. The zero-order chi connectivity index (χ0) is 17.7. The fourth-order valence-electron chi connectivity index (χ4n) is 3.11. The number of nitrogens with zero attached hydrogens (tertiary/aromatic N) is 4. The first-order chi connectivity index (χ1) is 12.0. The van der Waals surface area contributed by atoms with Gasteiger partial charge in [-0.3, -0.25) is 4.68 Å². The number of aryl methyl sites for hydroxylation is 3. The van der Waals surface area contributed by atoms with Crippen LogP contribution >= 0.6 is 0 Å². The lowest BCUT2D eigenvalue weighted by Gasteiger charge is -2.06. The third-order valence-corrected chi connectivity index (χ3v) is 4.44. The zero-order valence-corrected chi connectivity index (χ0v) is 15.0. The van der Waals surface area contributed by atoms with Crippen molar-refractivity contribution in [3.05, 3.63) is 41.6 Å². The Morgan fingerprint density at radius 3 is 2.56 bits per heavy atom. The lowest BCUT2D eigenvalue weighted by atomic mass is 10.1. The lowest BCUT2D eigenvalue weighted by Crippen LogP contribution is -1.97. The van der Waals surface area contributed by atoms with Crippen LogP contribution in [0, 0.1) is 13.8 Å². The minimum Gasteiger partial charge on any atom is -0.458 e. The highest BCUT2D eigenvalue weighted by Gasteiger charge is 2.20. The summed E-state index contributed by atoms with van der Waals surface area (Å²) in [5, 5.41) is 9.35. The Morgan fingerprint density at radius 2 is 1.96 bits per heavy atom. The molecule has 0 bridgehead atoms. The molecule has 0 aromatic carbocycles. The van der Waals surface area contributed by atoms with Gasteiger partial charge in [0.15, 0.2) is 5.58 Å². The Labute approximate surface area is 145 Å². The molecule has 6 nitrogen and oxygen atoms in total. The first kappa shape index (κ1) is 15.6. The molecule has 6 heteroatoms. The molecule has 128 valence electrons. The van der Waals surface area contributed by atoms with Gasteiger partial charge in [0, 0.05) is 24.5 Å². The maximum absolute atomic E-state index is 6.13. The summed E-state index contributed by atoms with van der Waals surface area (Å²) in [6.07, 6.45) is 1.76. The van der Waals surface area contributed by atoms with Gasteiger partial charge in [-0.2, -0.15) is 5.10 Å². The number of hydrogen-bond donors (Lipinski definition) is 0. The molecule has 0 spiro atoms. The molecule has 0 radical (unpaired) electrons. The first-order valence-electron chi connectivity index (χ1n) is 8.31. The van der Waals surface area contributed by atoms with E-state index >= 15 is 0 Å². The zero-order valence-electron chi connectivity index (χ0n) is 15.0. The van der Waals surface area contributed by atoms with E-state index in [0.717, 1.165) is 50.8 Å². The van der Waals surface area contributed by atoms with Crippen LogP contribution in [0.4, 0.5) is 0 Å². The van der Waals surface area contributed by atoms with Crippen LogP contribution in [-0.4, -0.2) is 19.9 Å². The second-order valence-corrected chi connectivity index (χ2v) is 6.62. The molecule has 0 aliphatic rings. The van der Waals surface area contributed by atoms with Crippen molar-refractivity contribution < 1.29 is 8.94 Å². The highest BCUT2D eigenvalue weighted by Crippen LogP contribution is 2.36. The summed E-state index contributed by atoms with van der Waals surface area (Å²) >= 11 is 0. The summed E-state index contributed by atoms with van der Waals surface area (Å²) < 4.78 is 13.3. The van der Waals surface area contributed by atoms with Crippen molar-refractivity contribution >= 4 is 11.0 Å². The van der Waals surface area contributed by atoms with Crippen LogP contribution in [0.25, 0.3) is 33.6 Å². The van der Waals surface area contributed by atoms with E-state index in [1.165, 1.54) is 0 Å². The molecule has 0 amide bonds. The molecule has 0 aliphatic heterocycles. The molecule has 0 saturated carbocycles. The standard InChI is InChI=1S/C19H20N4O2/c1-10(2)16-9-13-8-14(17-11(3)22-25-12(17)4)21-18(19(13)24-16)15-6-7-20-23(15)5/h6-10H,1-5H3. The summed E-state index contributed by atoms with van der Waals surface area (Å²) in [6, 6.07) is 6.07. The molecule has 25 heavy (non-hydrogen) atoms. The average molecular weight is 336 g/mol. The molecule has 0 aliphatic carbocycles. The fourth-order valence-corrected chi connectivity index (χ4v) is 3.11. The minimum atomic E-state index is 0.300. The van der Waals surface area contributed by atoms with Crippen LogP contribution < -0.4 is 0 Å². The van der Waals surface area contributed by atoms with Crippen molar-refractivity contribution in [2.24, 2.45) is 7.05 Å². The normalized spacial score (nSPS) is 11.8. The molecule has 4 rings (SSSR count). The van der Waals surface area contributed by atoms with E-state index in [1.807, 2.05) is 33.0 Å². The quantitative estimate of drug-likeness (QED) is 0.546. The van der Waals surface area contributed by atoms with Gasteiger partial charge in [0.25, 0.3) is 0 Å². The topological polar surface area (TPSA) is 69.9 Å². The molecule has 4 aromatic rings. The van der Waals surface area contributed by atoms with E-state index in [4.69, 9.17) is 13.9 Å². The van der Waals surface area contributed by atoms with Crippen LogP contribution in [0.15, 0.2) is 33.3 Å². The fraction of sp³-hybridized carbons (Fsp3) is 0.316. The second kappa shape index (κ2) is 5.58. The van der Waals surface area contributed by atoms with Gasteiger partial charge in [-0.1, -0.05) is 19.0 Å². The van der Waals surface area contributed by atoms with Crippen molar-refractivity contribution in [3.63, 3.8) is 0 Å². The van der Waals surface area contributed by atoms with Crippen molar-refractivity contribution in [2.45, 2.75) is 33.6 Å². The number of furan rings is 1. The van der Waals surface area contributed by atoms with Crippen molar-refractivity contribution in [3.8, 4) is 22.6 Å². The van der Waals surface area contributed by atoms with Crippen LogP contribution in [0.2, 0.25) is 0 Å². The number of hydrogen-bond acceptors (Lipinski definition) is 5. The summed E-state index contributed by atoms with van der Waals surface area (Å²) in [4.78, 5) is 4.89. The number of rotatable bonds is 3. The molecule has 0 atom stereocenters. The van der Waals surface area contributed by atoms with E-state index in [1.54, 1.807) is 10.9 Å². The van der Waals surface area contributed by atoms with Crippen LogP contribution in [0.5, 0.6) is 0 Å². The van der Waals surface area contributed by atoms with Crippen LogP contribution in [0.3, 0.4) is 0 Å². The highest BCUT2D eigenvalue weighted by molar-refractivity contribution is 5.93. The van der Waals surface area contributed by atoms with Gasteiger partial charge < -0.3 is 8.94 Å². The van der Waals surface area contributed by atoms with E-state index in [9.17, 15) is 0 Å². The molecule has 0 saturated heterocycles. The largest absolute Gasteiger partial charge is 0.458 e.